The van der Waals surface area contributed by atoms with Crippen LogP contribution in [0.4, 0.5) is 8.78 Å². The number of carbonyl (C=O) groups excluding carboxylic acids is 2. The van der Waals surface area contributed by atoms with E-state index in [0.29, 0.717) is 32.0 Å². The molecule has 1 aliphatic carbocycles. The van der Waals surface area contributed by atoms with Gasteiger partial charge in [0.25, 0.3) is 11.8 Å². The molecule has 1 saturated carbocycles. The summed E-state index contributed by atoms with van der Waals surface area (Å²) in [7, 11) is 1.58. The highest BCUT2D eigenvalue weighted by Gasteiger charge is 2.52. The van der Waals surface area contributed by atoms with Gasteiger partial charge in [0.15, 0.2) is 11.4 Å². The van der Waals surface area contributed by atoms with E-state index in [9.17, 15) is 28.3 Å². The summed E-state index contributed by atoms with van der Waals surface area (Å²) < 4.78 is 33.8. The lowest BCUT2D eigenvalue weighted by Crippen LogP contribution is -2.62. The minimum atomic E-state index is -0.989. The van der Waals surface area contributed by atoms with Crippen LogP contribution in [0.25, 0.3) is 0 Å². The molecular formula is C22H24ClF2N3O5. The second-order valence-corrected chi connectivity index (χ2v) is 8.17. The number of carbonyl (C=O) groups is 2. The largest absolute Gasteiger partial charge is 0.503 e. The standard InChI is InChI=1S/C22H23F2N3O5.ClH/c1-3-26-11-22(7-14(8-22)32-2)27-10-15(18(28)19(29)17(27)21(26)31)20(30)25-9-12-4-5-13(23)6-16(12)24;/h4-6,10,14,29H,3,7-9,11H2,1-2H3,(H,25,30);1H. The molecule has 8 nitrogen and oxygen atoms in total. The van der Waals surface area contributed by atoms with Crippen molar-refractivity contribution in [1.82, 2.24) is 14.8 Å². The van der Waals surface area contributed by atoms with Crippen LogP contribution in [0.2, 0.25) is 0 Å². The Hall–Kier alpha value is -2.98. The third-order valence-electron chi connectivity index (χ3n) is 6.30. The number of amides is 2. The lowest BCUT2D eigenvalue weighted by Gasteiger charge is -2.53. The minimum absolute atomic E-state index is 0. The molecular weight excluding hydrogens is 460 g/mol. The topological polar surface area (TPSA) is 101 Å². The van der Waals surface area contributed by atoms with E-state index < -0.39 is 40.2 Å². The van der Waals surface area contributed by atoms with Crippen LogP contribution in [0.5, 0.6) is 5.75 Å². The lowest BCUT2D eigenvalue weighted by atomic mass is 9.72. The summed E-state index contributed by atoms with van der Waals surface area (Å²) >= 11 is 0. The number of benzene rings is 1. The van der Waals surface area contributed by atoms with Crippen molar-refractivity contribution in [3.8, 4) is 5.75 Å². The van der Waals surface area contributed by atoms with Gasteiger partial charge >= 0.3 is 0 Å². The van der Waals surface area contributed by atoms with Crippen LogP contribution in [0.15, 0.2) is 29.2 Å². The molecule has 0 bridgehead atoms. The Labute approximate surface area is 194 Å². The summed E-state index contributed by atoms with van der Waals surface area (Å²) in [4.78, 5) is 39.9. The lowest BCUT2D eigenvalue weighted by molar-refractivity contribution is -0.0693. The molecule has 2 aromatic rings. The first-order valence-corrected chi connectivity index (χ1v) is 10.2. The Morgan fingerprint density at radius 3 is 2.61 bits per heavy atom. The maximum absolute atomic E-state index is 13.9. The van der Waals surface area contributed by atoms with Gasteiger partial charge in [-0.25, -0.2) is 8.78 Å². The predicted molar refractivity (Wildman–Crippen MR) is 117 cm³/mol. The number of pyridine rings is 1. The van der Waals surface area contributed by atoms with E-state index in [1.165, 1.54) is 16.8 Å². The first-order valence-electron chi connectivity index (χ1n) is 10.2. The molecule has 0 radical (unpaired) electrons. The SMILES string of the molecule is CCN1CC2(CC(OC)C2)n2cc(C(=O)NCc3ccc(F)cc3F)c(=O)c(O)c2C1=O.Cl. The number of halogens is 3. The van der Waals surface area contributed by atoms with Crippen LogP contribution in [-0.2, 0) is 16.8 Å². The fraction of sp³-hybridized carbons (Fsp3) is 0.409. The van der Waals surface area contributed by atoms with Crippen molar-refractivity contribution in [3.05, 3.63) is 63.1 Å². The number of methoxy groups -OCH3 is 1. The molecule has 2 heterocycles. The maximum atomic E-state index is 13.9. The molecule has 1 aromatic carbocycles. The molecule has 178 valence electrons. The first-order chi connectivity index (χ1) is 15.2. The monoisotopic (exact) mass is 483 g/mol. The molecule has 1 aliphatic heterocycles. The van der Waals surface area contributed by atoms with Gasteiger partial charge in [-0.2, -0.15) is 0 Å². The number of nitrogens with one attached hydrogen (secondary N) is 1. The fourth-order valence-corrected chi connectivity index (χ4v) is 4.47. The number of aromatic hydroxyl groups is 1. The normalized spacial score (nSPS) is 21.3. The van der Waals surface area contributed by atoms with E-state index >= 15 is 0 Å². The van der Waals surface area contributed by atoms with Crippen LogP contribution in [-0.4, -0.2) is 52.7 Å². The first kappa shape index (κ1) is 24.7. The van der Waals surface area contributed by atoms with E-state index in [-0.39, 0.29) is 41.9 Å². The molecule has 2 aliphatic rings. The quantitative estimate of drug-likeness (QED) is 0.679. The van der Waals surface area contributed by atoms with Crippen LogP contribution in [0.3, 0.4) is 0 Å². The number of ether oxygens (including phenoxy) is 1. The van der Waals surface area contributed by atoms with Gasteiger partial charge in [-0.15, -0.1) is 12.4 Å². The zero-order chi connectivity index (χ0) is 23.2. The maximum Gasteiger partial charge on any atom is 0.274 e. The molecule has 2 amide bonds. The Morgan fingerprint density at radius 2 is 2.00 bits per heavy atom. The number of hydrogen-bond acceptors (Lipinski definition) is 5. The molecule has 0 unspecified atom stereocenters. The second-order valence-electron chi connectivity index (χ2n) is 8.17. The summed E-state index contributed by atoms with van der Waals surface area (Å²) in [5.74, 6) is -3.71. The molecule has 1 fully saturated rings. The molecule has 33 heavy (non-hydrogen) atoms. The number of nitrogens with zero attached hydrogens (tertiary/aromatic N) is 2. The highest BCUT2D eigenvalue weighted by Crippen LogP contribution is 2.45. The van der Waals surface area contributed by atoms with Gasteiger partial charge in [-0.1, -0.05) is 6.07 Å². The molecule has 4 rings (SSSR count). The average molecular weight is 484 g/mol. The van der Waals surface area contributed by atoms with Crippen molar-refractivity contribution in [1.29, 1.82) is 0 Å². The minimum Gasteiger partial charge on any atom is -0.503 e. The zero-order valence-corrected chi connectivity index (χ0v) is 18.9. The van der Waals surface area contributed by atoms with Gasteiger partial charge in [0, 0.05) is 44.6 Å². The third-order valence-corrected chi connectivity index (χ3v) is 6.30. The summed E-state index contributed by atoms with van der Waals surface area (Å²) in [5.41, 5.74) is -2.08. The van der Waals surface area contributed by atoms with Crippen molar-refractivity contribution in [2.75, 3.05) is 20.2 Å². The number of hydrogen-bond donors (Lipinski definition) is 2. The number of rotatable bonds is 5. The van der Waals surface area contributed by atoms with Crippen LogP contribution in [0, 0.1) is 11.6 Å². The zero-order valence-electron chi connectivity index (χ0n) is 18.1. The number of fused-ring (bicyclic) bond motifs is 2. The molecule has 11 heteroatoms. The van der Waals surface area contributed by atoms with Gasteiger partial charge in [-0.3, -0.25) is 14.4 Å². The Kier molecular flexibility index (Phi) is 6.80. The highest BCUT2D eigenvalue weighted by molar-refractivity contribution is 5.99. The van der Waals surface area contributed by atoms with Crippen molar-refractivity contribution >= 4 is 24.2 Å². The van der Waals surface area contributed by atoms with E-state index in [1.807, 2.05) is 0 Å². The Morgan fingerprint density at radius 1 is 1.30 bits per heavy atom. The summed E-state index contributed by atoms with van der Waals surface area (Å²) in [6, 6.07) is 2.94. The molecule has 0 saturated heterocycles. The predicted octanol–water partition coefficient (Wildman–Crippen LogP) is 2.16. The average Bonchev–Trinajstić information content (AvgIpc) is 2.74. The van der Waals surface area contributed by atoms with Crippen molar-refractivity contribution in [2.24, 2.45) is 0 Å². The van der Waals surface area contributed by atoms with Crippen LogP contribution < -0.4 is 10.7 Å². The van der Waals surface area contributed by atoms with Gasteiger partial charge in [0.05, 0.1) is 11.6 Å². The number of likely N-dealkylation sites (N-methyl/N-ethyl adjacent to an activating group) is 1. The molecule has 1 aromatic heterocycles. The van der Waals surface area contributed by atoms with Gasteiger partial charge in [0.1, 0.15) is 17.2 Å². The van der Waals surface area contributed by atoms with Crippen LogP contribution in [0.1, 0.15) is 46.2 Å². The smallest absolute Gasteiger partial charge is 0.274 e. The Bertz CT molecular complexity index is 1160. The molecule has 0 atom stereocenters. The Balaban J connectivity index is 0.00000306. The summed E-state index contributed by atoms with van der Waals surface area (Å²) in [6.45, 7) is 2.28. The summed E-state index contributed by atoms with van der Waals surface area (Å²) in [5, 5.41) is 13.0. The van der Waals surface area contributed by atoms with E-state index in [0.717, 1.165) is 6.07 Å². The number of aromatic nitrogens is 1. The van der Waals surface area contributed by atoms with Gasteiger partial charge < -0.3 is 24.6 Å². The summed E-state index contributed by atoms with van der Waals surface area (Å²) in [6.07, 6.45) is 2.33. The van der Waals surface area contributed by atoms with E-state index in [1.54, 1.807) is 18.9 Å². The van der Waals surface area contributed by atoms with Crippen LogP contribution >= 0.6 is 12.4 Å². The fourth-order valence-electron chi connectivity index (χ4n) is 4.47. The van der Waals surface area contributed by atoms with Crippen molar-refractivity contribution in [3.63, 3.8) is 0 Å². The molecule has 1 spiro atoms. The van der Waals surface area contributed by atoms with Gasteiger partial charge in [0.2, 0.25) is 5.43 Å². The van der Waals surface area contributed by atoms with Gasteiger partial charge in [-0.05, 0) is 25.8 Å². The van der Waals surface area contributed by atoms with E-state index in [4.69, 9.17) is 4.74 Å². The van der Waals surface area contributed by atoms with Crippen molar-refractivity contribution in [2.45, 2.75) is 38.0 Å². The molecule has 2 N–H and O–H groups in total. The highest BCUT2D eigenvalue weighted by atomic mass is 35.5. The second kappa shape index (κ2) is 9.11. The van der Waals surface area contributed by atoms with E-state index in [2.05, 4.69) is 5.32 Å². The third kappa shape index (κ3) is 4.08. The van der Waals surface area contributed by atoms with Crippen molar-refractivity contribution < 1.29 is 28.2 Å².